The van der Waals surface area contributed by atoms with E-state index in [4.69, 9.17) is 11.5 Å². The number of rotatable bonds is 5. The third-order valence-corrected chi connectivity index (χ3v) is 2.77. The average Bonchev–Trinajstić information content (AvgIpc) is 2.77. The number of amides is 2. The van der Waals surface area contributed by atoms with Gasteiger partial charge in [-0.3, -0.25) is 4.79 Å². The van der Waals surface area contributed by atoms with Crippen LogP contribution in [0.2, 0.25) is 0 Å². The Hall–Kier alpha value is -2.00. The van der Waals surface area contributed by atoms with E-state index in [0.29, 0.717) is 6.54 Å². The van der Waals surface area contributed by atoms with Gasteiger partial charge in [-0.25, -0.2) is 4.79 Å². The summed E-state index contributed by atoms with van der Waals surface area (Å²) in [4.78, 5) is 24.2. The Bertz CT molecular complexity index is 422. The third-order valence-electron chi connectivity index (χ3n) is 1.89. The van der Waals surface area contributed by atoms with Crippen LogP contribution in [0.4, 0.5) is 4.79 Å². The highest BCUT2D eigenvalue weighted by Crippen LogP contribution is 2.07. The topological polar surface area (TPSA) is 69.6 Å². The van der Waals surface area contributed by atoms with Crippen molar-refractivity contribution in [3.8, 4) is 12.3 Å². The van der Waals surface area contributed by atoms with Gasteiger partial charge in [0.1, 0.15) is 6.54 Å². The zero-order valence-electron chi connectivity index (χ0n) is 9.05. The van der Waals surface area contributed by atoms with Crippen LogP contribution in [0.3, 0.4) is 0 Å². The van der Waals surface area contributed by atoms with E-state index >= 15 is 0 Å². The molecule has 0 bridgehead atoms. The number of carbonyl (C=O) groups excluding carboxylic acids is 1. The molecule has 0 radical (unpaired) electrons. The molecule has 0 saturated carbocycles. The Morgan fingerprint density at radius 2 is 2.35 bits per heavy atom. The van der Waals surface area contributed by atoms with Gasteiger partial charge in [-0.05, 0) is 11.4 Å². The van der Waals surface area contributed by atoms with Gasteiger partial charge in [0.05, 0.1) is 13.1 Å². The molecule has 0 unspecified atom stereocenters. The SMILES string of the molecule is C#CCN(CC(=O)O)C(=O)NCc1cccs1. The molecule has 2 amide bonds. The number of hydrogen-bond acceptors (Lipinski definition) is 3. The van der Waals surface area contributed by atoms with E-state index < -0.39 is 18.5 Å². The van der Waals surface area contributed by atoms with Crippen LogP contribution in [-0.4, -0.2) is 35.1 Å². The molecule has 5 nitrogen and oxygen atoms in total. The standard InChI is InChI=1S/C11H12N2O3S/c1-2-5-13(8-10(14)15)11(16)12-7-9-4-3-6-17-9/h1,3-4,6H,5,7-8H2,(H,12,16)(H,14,15). The first-order valence-electron chi connectivity index (χ1n) is 4.84. The fourth-order valence-electron chi connectivity index (χ4n) is 1.16. The number of urea groups is 1. The summed E-state index contributed by atoms with van der Waals surface area (Å²) in [6, 6.07) is 3.29. The van der Waals surface area contributed by atoms with Crippen LogP contribution >= 0.6 is 11.3 Å². The Kier molecular flexibility index (Phi) is 5.04. The van der Waals surface area contributed by atoms with Crippen LogP contribution in [0, 0.1) is 12.3 Å². The van der Waals surface area contributed by atoms with Gasteiger partial charge in [-0.1, -0.05) is 12.0 Å². The van der Waals surface area contributed by atoms with Crippen LogP contribution in [0.5, 0.6) is 0 Å². The minimum absolute atomic E-state index is 0.0252. The summed E-state index contributed by atoms with van der Waals surface area (Å²) in [5, 5.41) is 13.1. The number of carboxylic acid groups (broad SMARTS) is 1. The quantitative estimate of drug-likeness (QED) is 0.767. The summed E-state index contributed by atoms with van der Waals surface area (Å²) >= 11 is 1.51. The van der Waals surface area contributed by atoms with E-state index in [1.54, 1.807) is 0 Å². The second kappa shape index (κ2) is 6.55. The number of terminal acetylenes is 1. The number of nitrogens with one attached hydrogen (secondary N) is 1. The minimum atomic E-state index is -1.09. The van der Waals surface area contributed by atoms with Gasteiger partial charge >= 0.3 is 12.0 Å². The van der Waals surface area contributed by atoms with Crippen molar-refractivity contribution < 1.29 is 14.7 Å². The van der Waals surface area contributed by atoms with Crippen molar-refractivity contribution in [2.75, 3.05) is 13.1 Å². The highest BCUT2D eigenvalue weighted by molar-refractivity contribution is 7.09. The van der Waals surface area contributed by atoms with Crippen molar-refractivity contribution in [1.82, 2.24) is 10.2 Å². The molecular formula is C11H12N2O3S. The molecule has 0 atom stereocenters. The first kappa shape index (κ1) is 13.1. The minimum Gasteiger partial charge on any atom is -0.480 e. The Morgan fingerprint density at radius 1 is 1.59 bits per heavy atom. The predicted molar refractivity (Wildman–Crippen MR) is 64.6 cm³/mol. The first-order valence-corrected chi connectivity index (χ1v) is 5.72. The van der Waals surface area contributed by atoms with Crippen molar-refractivity contribution in [2.24, 2.45) is 0 Å². The van der Waals surface area contributed by atoms with Crippen LogP contribution < -0.4 is 5.32 Å². The zero-order chi connectivity index (χ0) is 12.7. The Morgan fingerprint density at radius 3 is 2.88 bits per heavy atom. The highest BCUT2D eigenvalue weighted by Gasteiger charge is 2.15. The Balaban J connectivity index is 2.47. The summed E-state index contributed by atoms with van der Waals surface area (Å²) in [5.74, 6) is 1.16. The molecular weight excluding hydrogens is 240 g/mol. The first-order chi connectivity index (χ1) is 8.13. The summed E-state index contributed by atoms with van der Waals surface area (Å²) in [5.41, 5.74) is 0. The van der Waals surface area contributed by atoms with E-state index in [0.717, 1.165) is 9.78 Å². The summed E-state index contributed by atoms with van der Waals surface area (Å²) in [6.45, 7) is -0.0553. The van der Waals surface area contributed by atoms with E-state index in [-0.39, 0.29) is 6.54 Å². The summed E-state index contributed by atoms with van der Waals surface area (Å²) in [7, 11) is 0. The fraction of sp³-hybridized carbons (Fsp3) is 0.273. The van der Waals surface area contributed by atoms with Crippen molar-refractivity contribution >= 4 is 23.3 Å². The molecule has 6 heteroatoms. The highest BCUT2D eigenvalue weighted by atomic mass is 32.1. The van der Waals surface area contributed by atoms with Gasteiger partial charge in [0.2, 0.25) is 0 Å². The number of carboxylic acids is 1. The zero-order valence-corrected chi connectivity index (χ0v) is 9.87. The van der Waals surface area contributed by atoms with Crippen LogP contribution in [-0.2, 0) is 11.3 Å². The molecule has 2 N–H and O–H groups in total. The monoisotopic (exact) mass is 252 g/mol. The molecule has 0 aromatic carbocycles. The van der Waals surface area contributed by atoms with Crippen molar-refractivity contribution in [2.45, 2.75) is 6.54 Å². The molecule has 0 aliphatic carbocycles. The lowest BCUT2D eigenvalue weighted by Gasteiger charge is -2.18. The van der Waals surface area contributed by atoms with Crippen molar-refractivity contribution in [3.05, 3.63) is 22.4 Å². The Labute approximate surface area is 103 Å². The average molecular weight is 252 g/mol. The third kappa shape index (κ3) is 4.57. The van der Waals surface area contributed by atoms with Crippen LogP contribution in [0.25, 0.3) is 0 Å². The number of thiophene rings is 1. The van der Waals surface area contributed by atoms with Gasteiger partial charge in [0.25, 0.3) is 0 Å². The normalized spacial score (nSPS) is 9.35. The number of nitrogens with zero attached hydrogens (tertiary/aromatic N) is 1. The molecule has 1 rings (SSSR count). The largest absolute Gasteiger partial charge is 0.480 e. The maximum absolute atomic E-state index is 11.6. The number of hydrogen-bond donors (Lipinski definition) is 2. The molecule has 1 aromatic heterocycles. The van der Waals surface area contributed by atoms with Gasteiger partial charge in [0.15, 0.2) is 0 Å². The van der Waals surface area contributed by atoms with E-state index in [1.165, 1.54) is 11.3 Å². The van der Waals surface area contributed by atoms with Gasteiger partial charge < -0.3 is 15.3 Å². The lowest BCUT2D eigenvalue weighted by Crippen LogP contribution is -2.42. The predicted octanol–water partition coefficient (Wildman–Crippen LogP) is 0.977. The maximum atomic E-state index is 11.6. The molecule has 0 fully saturated rings. The molecule has 1 heterocycles. The lowest BCUT2D eigenvalue weighted by atomic mass is 10.4. The fourth-order valence-corrected chi connectivity index (χ4v) is 1.81. The van der Waals surface area contributed by atoms with Gasteiger partial charge in [-0.15, -0.1) is 17.8 Å². The molecule has 0 aliphatic rings. The summed E-state index contributed by atoms with van der Waals surface area (Å²) in [6.07, 6.45) is 5.07. The van der Waals surface area contributed by atoms with E-state index in [2.05, 4.69) is 11.2 Å². The second-order valence-electron chi connectivity index (χ2n) is 3.19. The molecule has 90 valence electrons. The summed E-state index contributed by atoms with van der Waals surface area (Å²) < 4.78 is 0. The molecule has 17 heavy (non-hydrogen) atoms. The number of aliphatic carboxylic acids is 1. The van der Waals surface area contributed by atoms with Gasteiger partial charge in [-0.2, -0.15) is 0 Å². The second-order valence-corrected chi connectivity index (χ2v) is 4.22. The van der Waals surface area contributed by atoms with Crippen molar-refractivity contribution in [3.63, 3.8) is 0 Å². The lowest BCUT2D eigenvalue weighted by molar-refractivity contribution is -0.137. The molecule has 1 aromatic rings. The van der Waals surface area contributed by atoms with Gasteiger partial charge in [0, 0.05) is 4.88 Å². The van der Waals surface area contributed by atoms with E-state index in [1.807, 2.05) is 17.5 Å². The molecule has 0 aliphatic heterocycles. The number of carbonyl (C=O) groups is 2. The van der Waals surface area contributed by atoms with E-state index in [9.17, 15) is 9.59 Å². The maximum Gasteiger partial charge on any atom is 0.323 e. The smallest absolute Gasteiger partial charge is 0.323 e. The van der Waals surface area contributed by atoms with Crippen LogP contribution in [0.15, 0.2) is 17.5 Å². The molecule has 0 saturated heterocycles. The van der Waals surface area contributed by atoms with Crippen LogP contribution in [0.1, 0.15) is 4.88 Å². The molecule has 0 spiro atoms. The van der Waals surface area contributed by atoms with Crippen molar-refractivity contribution in [1.29, 1.82) is 0 Å².